The zero-order valence-corrected chi connectivity index (χ0v) is 18.4. The van der Waals surface area contributed by atoms with Crippen molar-refractivity contribution in [1.82, 2.24) is 4.98 Å². The molecule has 0 N–H and O–H groups in total. The van der Waals surface area contributed by atoms with Gasteiger partial charge < -0.3 is 0 Å². The highest BCUT2D eigenvalue weighted by Gasteiger charge is 2.15. The molecule has 0 aliphatic heterocycles. The first-order valence-corrected chi connectivity index (χ1v) is 11.7. The molecule has 0 fully saturated rings. The number of nitrogens with zero attached hydrogens (tertiary/aromatic N) is 1. The van der Waals surface area contributed by atoms with Crippen LogP contribution in [0.5, 0.6) is 0 Å². The minimum atomic E-state index is 1.14. The second-order valence-electron chi connectivity index (χ2n) is 9.21. The molecule has 0 unspecified atom stereocenters. The van der Waals surface area contributed by atoms with Gasteiger partial charge in [-0.05, 0) is 88.4 Å². The monoisotopic (exact) mass is 429 g/mol. The van der Waals surface area contributed by atoms with Gasteiger partial charge in [-0.15, -0.1) is 0 Å². The van der Waals surface area contributed by atoms with E-state index in [9.17, 15) is 0 Å². The SMILES string of the molecule is c1cncc(-c2cc3ccc4cccc5c6cccc7ccc8cccc(c(c2)c3c45)c8c76)c1. The molecular formula is C33H19N. The Hall–Kier alpha value is -4.49. The van der Waals surface area contributed by atoms with E-state index in [2.05, 4.69) is 102 Å². The highest BCUT2D eigenvalue weighted by atomic mass is 14.6. The summed E-state index contributed by atoms with van der Waals surface area (Å²) in [6, 6.07) is 38.1. The fourth-order valence-electron chi connectivity index (χ4n) is 5.98. The molecule has 0 saturated carbocycles. The average molecular weight is 430 g/mol. The fraction of sp³-hybridized carbons (Fsp3) is 0. The summed E-state index contributed by atoms with van der Waals surface area (Å²) in [4.78, 5) is 4.39. The first kappa shape index (κ1) is 18.0. The Labute approximate surface area is 196 Å². The zero-order chi connectivity index (χ0) is 22.2. The van der Waals surface area contributed by atoms with Gasteiger partial charge >= 0.3 is 0 Å². The van der Waals surface area contributed by atoms with Crippen molar-refractivity contribution < 1.29 is 0 Å². The van der Waals surface area contributed by atoms with E-state index in [1.807, 2.05) is 18.5 Å². The standard InChI is InChI=1S/C33H19N/c1-5-20-12-13-21-7-3-11-28-29-18-25(24-8-4-16-34-19-24)17-23-15-14-22-6-2-10-27(31(22)33(23)29)26(9-1)30(20)32(21)28/h1-19H. The van der Waals surface area contributed by atoms with Gasteiger partial charge in [-0.2, -0.15) is 0 Å². The lowest BCUT2D eigenvalue weighted by atomic mass is 9.86. The lowest BCUT2D eigenvalue weighted by Crippen LogP contribution is -1.89. The van der Waals surface area contributed by atoms with Crippen molar-refractivity contribution in [3.8, 4) is 11.1 Å². The minimum Gasteiger partial charge on any atom is -0.264 e. The second-order valence-corrected chi connectivity index (χ2v) is 9.21. The van der Waals surface area contributed by atoms with Crippen LogP contribution in [0.1, 0.15) is 0 Å². The molecule has 0 bridgehead atoms. The molecule has 0 aliphatic rings. The quantitative estimate of drug-likeness (QED) is 0.237. The van der Waals surface area contributed by atoms with Crippen LogP contribution in [0.4, 0.5) is 0 Å². The largest absolute Gasteiger partial charge is 0.264 e. The Morgan fingerprint density at radius 3 is 1.47 bits per heavy atom. The lowest BCUT2D eigenvalue weighted by Gasteiger charge is -2.17. The molecule has 0 amide bonds. The molecule has 0 atom stereocenters. The van der Waals surface area contributed by atoms with Crippen LogP contribution in [0.25, 0.3) is 75.8 Å². The minimum absolute atomic E-state index is 1.14. The number of hydrogen-bond acceptors (Lipinski definition) is 1. The van der Waals surface area contributed by atoms with Crippen molar-refractivity contribution in [2.75, 3.05) is 0 Å². The fourth-order valence-corrected chi connectivity index (χ4v) is 5.98. The van der Waals surface area contributed by atoms with E-state index in [4.69, 9.17) is 0 Å². The Balaban J connectivity index is 1.78. The van der Waals surface area contributed by atoms with Crippen molar-refractivity contribution in [2.45, 2.75) is 0 Å². The topological polar surface area (TPSA) is 12.9 Å². The van der Waals surface area contributed by atoms with Crippen LogP contribution in [0.2, 0.25) is 0 Å². The van der Waals surface area contributed by atoms with Crippen LogP contribution in [0.15, 0.2) is 116 Å². The van der Waals surface area contributed by atoms with Crippen molar-refractivity contribution in [3.05, 3.63) is 116 Å². The number of pyridine rings is 1. The van der Waals surface area contributed by atoms with E-state index in [1.165, 1.54) is 70.2 Å². The third kappa shape index (κ3) is 2.31. The molecule has 0 radical (unpaired) electrons. The molecule has 156 valence electrons. The van der Waals surface area contributed by atoms with E-state index in [0.717, 1.165) is 5.56 Å². The van der Waals surface area contributed by atoms with Gasteiger partial charge in [-0.3, -0.25) is 4.98 Å². The Morgan fingerprint density at radius 2 is 0.912 bits per heavy atom. The number of rotatable bonds is 1. The maximum absolute atomic E-state index is 4.39. The van der Waals surface area contributed by atoms with Crippen molar-refractivity contribution in [1.29, 1.82) is 0 Å². The van der Waals surface area contributed by atoms with Gasteiger partial charge in [0, 0.05) is 18.0 Å². The highest BCUT2D eigenvalue weighted by Crippen LogP contribution is 2.44. The van der Waals surface area contributed by atoms with E-state index in [0.29, 0.717) is 0 Å². The van der Waals surface area contributed by atoms with Crippen molar-refractivity contribution >= 4 is 64.6 Å². The lowest BCUT2D eigenvalue weighted by molar-refractivity contribution is 1.33. The van der Waals surface area contributed by atoms with Gasteiger partial charge in [-0.1, -0.05) is 84.9 Å². The van der Waals surface area contributed by atoms with Crippen LogP contribution >= 0.6 is 0 Å². The second kappa shape index (κ2) is 6.52. The molecule has 0 aliphatic carbocycles. The first-order valence-electron chi connectivity index (χ1n) is 11.7. The van der Waals surface area contributed by atoms with Gasteiger partial charge in [0.15, 0.2) is 0 Å². The Bertz CT molecular complexity index is 2050. The van der Waals surface area contributed by atoms with Crippen LogP contribution in [0, 0.1) is 0 Å². The van der Waals surface area contributed by atoms with Crippen molar-refractivity contribution in [3.63, 3.8) is 0 Å². The molecular weight excluding hydrogens is 410 g/mol. The first-order chi connectivity index (χ1) is 16.9. The predicted octanol–water partition coefficient (Wildman–Crippen LogP) is 9.11. The summed E-state index contributed by atoms with van der Waals surface area (Å²) in [5, 5.41) is 15.7. The van der Waals surface area contributed by atoms with Gasteiger partial charge in [0.05, 0.1) is 0 Å². The van der Waals surface area contributed by atoms with Gasteiger partial charge in [0.1, 0.15) is 0 Å². The summed E-state index contributed by atoms with van der Waals surface area (Å²) in [6.45, 7) is 0. The van der Waals surface area contributed by atoms with Crippen LogP contribution in [-0.2, 0) is 0 Å². The maximum Gasteiger partial charge on any atom is 0.0346 e. The number of aromatic nitrogens is 1. The Kier molecular flexibility index (Phi) is 3.45. The average Bonchev–Trinajstić information content (AvgIpc) is 2.91. The summed E-state index contributed by atoms with van der Waals surface area (Å²) >= 11 is 0. The molecule has 8 aromatic rings. The highest BCUT2D eigenvalue weighted by molar-refractivity contribution is 6.37. The summed E-state index contributed by atoms with van der Waals surface area (Å²) in [5.41, 5.74) is 2.34. The van der Waals surface area contributed by atoms with Gasteiger partial charge in [0.2, 0.25) is 0 Å². The van der Waals surface area contributed by atoms with E-state index in [-0.39, 0.29) is 0 Å². The van der Waals surface area contributed by atoms with Crippen LogP contribution in [-0.4, -0.2) is 4.98 Å². The Morgan fingerprint density at radius 1 is 0.382 bits per heavy atom. The third-order valence-electron chi connectivity index (χ3n) is 7.42. The summed E-state index contributed by atoms with van der Waals surface area (Å²) in [5.74, 6) is 0. The van der Waals surface area contributed by atoms with E-state index in [1.54, 1.807) is 0 Å². The number of fused-ring (bicyclic) bond motifs is 2. The molecule has 7 aromatic carbocycles. The number of benzene rings is 6. The molecule has 1 heteroatoms. The molecule has 34 heavy (non-hydrogen) atoms. The molecule has 0 saturated heterocycles. The maximum atomic E-state index is 4.39. The van der Waals surface area contributed by atoms with Gasteiger partial charge in [-0.25, -0.2) is 0 Å². The summed E-state index contributed by atoms with van der Waals surface area (Å²) in [7, 11) is 0. The molecule has 1 nitrogen and oxygen atoms in total. The smallest absolute Gasteiger partial charge is 0.0346 e. The van der Waals surface area contributed by atoms with Crippen LogP contribution in [0.3, 0.4) is 0 Å². The van der Waals surface area contributed by atoms with E-state index < -0.39 is 0 Å². The third-order valence-corrected chi connectivity index (χ3v) is 7.42. The molecule has 1 heterocycles. The normalized spacial score (nSPS) is 12.1. The molecule has 0 spiro atoms. The number of hydrogen-bond donors (Lipinski definition) is 0. The molecule has 1 aromatic heterocycles. The van der Waals surface area contributed by atoms with Gasteiger partial charge in [0.25, 0.3) is 0 Å². The predicted molar refractivity (Wildman–Crippen MR) is 146 cm³/mol. The van der Waals surface area contributed by atoms with E-state index >= 15 is 0 Å². The molecule has 8 rings (SSSR count). The zero-order valence-electron chi connectivity index (χ0n) is 18.4. The summed E-state index contributed by atoms with van der Waals surface area (Å²) < 4.78 is 0. The van der Waals surface area contributed by atoms with Crippen LogP contribution < -0.4 is 0 Å². The van der Waals surface area contributed by atoms with Crippen molar-refractivity contribution in [2.24, 2.45) is 0 Å². The summed E-state index contributed by atoms with van der Waals surface area (Å²) in [6.07, 6.45) is 3.79.